The number of aryl methyl sites for hydroxylation is 1. The third-order valence-electron chi connectivity index (χ3n) is 4.79. The molecule has 1 heterocycles. The molecule has 1 aliphatic heterocycles. The van der Waals surface area contributed by atoms with Gasteiger partial charge in [-0.15, -0.1) is 0 Å². The molecule has 0 amide bonds. The van der Waals surface area contributed by atoms with Crippen LogP contribution in [0.2, 0.25) is 0 Å². The maximum absolute atomic E-state index is 12.5. The van der Waals surface area contributed by atoms with Crippen LogP contribution in [-0.2, 0) is 0 Å². The zero-order valence-electron chi connectivity index (χ0n) is 14.9. The minimum Gasteiger partial charge on any atom is -0.493 e. The fraction of sp³-hybridized carbons (Fsp3) is 0.632. The number of hydrogen-bond acceptors (Lipinski definition) is 4. The average Bonchev–Trinajstić information content (AvgIpc) is 2.56. The lowest BCUT2D eigenvalue weighted by Gasteiger charge is -2.30. The number of rotatable bonds is 7. The molecule has 4 nitrogen and oxygen atoms in total. The summed E-state index contributed by atoms with van der Waals surface area (Å²) in [6.45, 7) is 7.63. The number of nitrogens with zero attached hydrogens (tertiary/aromatic N) is 1. The topological polar surface area (TPSA) is 38.8 Å². The lowest BCUT2D eigenvalue weighted by atomic mass is 9.98. The third kappa shape index (κ3) is 4.71. The van der Waals surface area contributed by atoms with Crippen LogP contribution in [0.15, 0.2) is 12.1 Å². The number of likely N-dealkylation sites (tertiary alicyclic amines) is 1. The van der Waals surface area contributed by atoms with Gasteiger partial charge in [0.05, 0.1) is 14.2 Å². The Morgan fingerprint density at radius 2 is 1.78 bits per heavy atom. The van der Waals surface area contributed by atoms with Gasteiger partial charge in [-0.2, -0.15) is 0 Å². The maximum atomic E-state index is 12.5. The molecule has 1 fully saturated rings. The van der Waals surface area contributed by atoms with Gasteiger partial charge >= 0.3 is 0 Å². The van der Waals surface area contributed by atoms with Crippen LogP contribution in [0, 0.1) is 12.8 Å². The molecular formula is C19H29NO3. The van der Waals surface area contributed by atoms with E-state index in [-0.39, 0.29) is 5.78 Å². The van der Waals surface area contributed by atoms with Crippen molar-refractivity contribution in [1.82, 2.24) is 4.90 Å². The van der Waals surface area contributed by atoms with Crippen molar-refractivity contribution in [3.05, 3.63) is 23.3 Å². The average molecular weight is 319 g/mol. The summed E-state index contributed by atoms with van der Waals surface area (Å²) in [5, 5.41) is 0. The lowest BCUT2D eigenvalue weighted by Crippen LogP contribution is -2.33. The van der Waals surface area contributed by atoms with Gasteiger partial charge in [0.2, 0.25) is 0 Å². The molecule has 0 radical (unpaired) electrons. The summed E-state index contributed by atoms with van der Waals surface area (Å²) in [6, 6.07) is 3.68. The molecule has 0 bridgehead atoms. The SMILES string of the molecule is COc1cc(C)c(C(=O)CCCN2CCC(C)CC2)cc1OC. The summed E-state index contributed by atoms with van der Waals surface area (Å²) in [6.07, 6.45) is 4.06. The highest BCUT2D eigenvalue weighted by atomic mass is 16.5. The predicted octanol–water partition coefficient (Wildman–Crippen LogP) is 3.71. The monoisotopic (exact) mass is 319 g/mol. The van der Waals surface area contributed by atoms with E-state index in [0.29, 0.717) is 17.9 Å². The Hall–Kier alpha value is -1.55. The molecule has 1 saturated heterocycles. The fourth-order valence-electron chi connectivity index (χ4n) is 3.16. The normalized spacial score (nSPS) is 16.3. The Morgan fingerprint density at radius 3 is 2.39 bits per heavy atom. The second kappa shape index (κ2) is 8.34. The molecule has 0 aromatic heterocycles. The molecule has 128 valence electrons. The summed E-state index contributed by atoms with van der Waals surface area (Å²) in [5.41, 5.74) is 1.69. The highest BCUT2D eigenvalue weighted by molar-refractivity contribution is 5.98. The standard InChI is InChI=1S/C19H29NO3/c1-14-7-10-20(11-8-14)9-5-6-17(21)16-13-19(23-4)18(22-3)12-15(16)2/h12-14H,5-11H2,1-4H3. The van der Waals surface area contributed by atoms with Crippen LogP contribution in [0.5, 0.6) is 11.5 Å². The van der Waals surface area contributed by atoms with Crippen LogP contribution in [0.3, 0.4) is 0 Å². The van der Waals surface area contributed by atoms with Gasteiger partial charge in [0, 0.05) is 12.0 Å². The van der Waals surface area contributed by atoms with Crippen molar-refractivity contribution in [2.75, 3.05) is 33.9 Å². The Balaban J connectivity index is 1.90. The smallest absolute Gasteiger partial charge is 0.163 e. The van der Waals surface area contributed by atoms with Crippen LogP contribution in [-0.4, -0.2) is 44.5 Å². The molecule has 0 spiro atoms. The third-order valence-corrected chi connectivity index (χ3v) is 4.79. The molecule has 0 atom stereocenters. The Labute approximate surface area is 139 Å². The number of piperidine rings is 1. The van der Waals surface area contributed by atoms with Gasteiger partial charge in [-0.1, -0.05) is 6.92 Å². The van der Waals surface area contributed by atoms with Crippen molar-refractivity contribution in [1.29, 1.82) is 0 Å². The highest BCUT2D eigenvalue weighted by Gasteiger charge is 2.17. The first-order valence-corrected chi connectivity index (χ1v) is 8.53. The van der Waals surface area contributed by atoms with Gasteiger partial charge in [-0.25, -0.2) is 0 Å². The minimum absolute atomic E-state index is 0.189. The largest absolute Gasteiger partial charge is 0.493 e. The molecule has 0 unspecified atom stereocenters. The molecule has 1 aromatic rings. The van der Waals surface area contributed by atoms with Crippen LogP contribution in [0.4, 0.5) is 0 Å². The molecule has 0 saturated carbocycles. The van der Waals surface area contributed by atoms with E-state index in [0.717, 1.165) is 30.0 Å². The van der Waals surface area contributed by atoms with E-state index in [9.17, 15) is 4.79 Å². The number of Topliss-reactive ketones (excluding diaryl/α,β-unsaturated/α-hetero) is 1. The summed E-state index contributed by atoms with van der Waals surface area (Å²) in [4.78, 5) is 15.0. The summed E-state index contributed by atoms with van der Waals surface area (Å²) in [7, 11) is 3.21. The number of methoxy groups -OCH3 is 2. The second-order valence-electron chi connectivity index (χ2n) is 6.57. The van der Waals surface area contributed by atoms with Gasteiger partial charge in [0.25, 0.3) is 0 Å². The van der Waals surface area contributed by atoms with Crippen molar-refractivity contribution in [2.24, 2.45) is 5.92 Å². The zero-order chi connectivity index (χ0) is 16.8. The first-order valence-electron chi connectivity index (χ1n) is 8.53. The fourth-order valence-corrected chi connectivity index (χ4v) is 3.16. The molecular weight excluding hydrogens is 290 g/mol. The van der Waals surface area contributed by atoms with E-state index >= 15 is 0 Å². The summed E-state index contributed by atoms with van der Waals surface area (Å²) >= 11 is 0. The van der Waals surface area contributed by atoms with Crippen LogP contribution >= 0.6 is 0 Å². The van der Waals surface area contributed by atoms with Crippen molar-refractivity contribution < 1.29 is 14.3 Å². The van der Waals surface area contributed by atoms with E-state index in [1.54, 1.807) is 20.3 Å². The molecule has 23 heavy (non-hydrogen) atoms. The van der Waals surface area contributed by atoms with Crippen LogP contribution < -0.4 is 9.47 Å². The van der Waals surface area contributed by atoms with E-state index in [1.807, 2.05) is 13.0 Å². The van der Waals surface area contributed by atoms with Crippen molar-refractivity contribution in [2.45, 2.75) is 39.5 Å². The van der Waals surface area contributed by atoms with Crippen molar-refractivity contribution >= 4 is 5.78 Å². The first kappa shape index (κ1) is 17.8. The Kier molecular flexibility index (Phi) is 6.46. The predicted molar refractivity (Wildman–Crippen MR) is 92.7 cm³/mol. The van der Waals surface area contributed by atoms with Gasteiger partial charge in [0.15, 0.2) is 17.3 Å². The maximum Gasteiger partial charge on any atom is 0.163 e. The number of benzene rings is 1. The van der Waals surface area contributed by atoms with Crippen LogP contribution in [0.25, 0.3) is 0 Å². The number of carbonyl (C=O) groups is 1. The molecule has 2 rings (SSSR count). The van der Waals surface area contributed by atoms with Gasteiger partial charge in [-0.05, 0) is 69.4 Å². The Morgan fingerprint density at radius 1 is 1.17 bits per heavy atom. The van der Waals surface area contributed by atoms with Gasteiger partial charge in [0.1, 0.15) is 0 Å². The summed E-state index contributed by atoms with van der Waals surface area (Å²) in [5.74, 6) is 2.33. The number of carbonyl (C=O) groups excluding carboxylic acids is 1. The number of hydrogen-bond donors (Lipinski definition) is 0. The molecule has 1 aliphatic rings. The van der Waals surface area contributed by atoms with E-state index in [1.165, 1.54) is 25.9 Å². The van der Waals surface area contributed by atoms with Crippen LogP contribution in [0.1, 0.15) is 48.5 Å². The zero-order valence-corrected chi connectivity index (χ0v) is 14.9. The van der Waals surface area contributed by atoms with Gasteiger partial charge < -0.3 is 14.4 Å². The van der Waals surface area contributed by atoms with E-state index < -0.39 is 0 Å². The second-order valence-corrected chi connectivity index (χ2v) is 6.57. The highest BCUT2D eigenvalue weighted by Crippen LogP contribution is 2.31. The molecule has 4 heteroatoms. The lowest BCUT2D eigenvalue weighted by molar-refractivity contribution is 0.0970. The van der Waals surface area contributed by atoms with Crippen molar-refractivity contribution in [3.8, 4) is 11.5 Å². The van der Waals surface area contributed by atoms with Gasteiger partial charge in [-0.3, -0.25) is 4.79 Å². The van der Waals surface area contributed by atoms with E-state index in [2.05, 4.69) is 11.8 Å². The summed E-state index contributed by atoms with van der Waals surface area (Å²) < 4.78 is 10.6. The Bertz CT molecular complexity index is 534. The minimum atomic E-state index is 0.189. The molecule has 0 N–H and O–H groups in total. The molecule has 1 aromatic carbocycles. The van der Waals surface area contributed by atoms with Crippen molar-refractivity contribution in [3.63, 3.8) is 0 Å². The van der Waals surface area contributed by atoms with E-state index in [4.69, 9.17) is 9.47 Å². The number of ketones is 1. The quantitative estimate of drug-likeness (QED) is 0.718. The molecule has 0 aliphatic carbocycles. The first-order chi connectivity index (χ1) is 11.0. The number of ether oxygens (including phenoxy) is 2.